The predicted octanol–water partition coefficient (Wildman–Crippen LogP) is 4.54. The summed E-state index contributed by atoms with van der Waals surface area (Å²) in [5.74, 6) is 0. The highest BCUT2D eigenvalue weighted by Gasteiger charge is 2.15. The molecule has 20 heavy (non-hydrogen) atoms. The maximum Gasteiger partial charge on any atom is 0.185 e. The van der Waals surface area contributed by atoms with Gasteiger partial charge in [0.1, 0.15) is 0 Å². The first kappa shape index (κ1) is 12.9. The van der Waals surface area contributed by atoms with Crippen LogP contribution < -0.4 is 4.90 Å². The Hall–Kier alpha value is -2.13. The van der Waals surface area contributed by atoms with Crippen LogP contribution in [0.1, 0.15) is 0 Å². The van der Waals surface area contributed by atoms with E-state index in [0.717, 1.165) is 16.4 Å². The van der Waals surface area contributed by atoms with Crippen molar-refractivity contribution in [3.63, 3.8) is 0 Å². The van der Waals surface area contributed by atoms with Gasteiger partial charge in [-0.15, -0.1) is 0 Å². The summed E-state index contributed by atoms with van der Waals surface area (Å²) in [6.07, 6.45) is 0. The molecule has 0 saturated heterocycles. The van der Waals surface area contributed by atoms with Gasteiger partial charge >= 0.3 is 0 Å². The van der Waals surface area contributed by atoms with Crippen LogP contribution in [0, 0.1) is 0 Å². The lowest BCUT2D eigenvalue weighted by atomic mass is 10.1. The Bertz CT molecular complexity index is 631. The molecule has 1 aromatic heterocycles. The summed E-state index contributed by atoms with van der Waals surface area (Å²) in [6, 6.07) is 20.8. The van der Waals surface area contributed by atoms with E-state index in [4.69, 9.17) is 4.98 Å². The summed E-state index contributed by atoms with van der Waals surface area (Å²) in [5, 5.41) is 1.03. The van der Waals surface area contributed by atoms with Gasteiger partial charge in [-0.2, -0.15) is 0 Å². The van der Waals surface area contributed by atoms with E-state index in [1.54, 1.807) is 11.3 Å². The van der Waals surface area contributed by atoms with Crippen LogP contribution in [-0.4, -0.2) is 19.1 Å². The van der Waals surface area contributed by atoms with E-state index in [0.29, 0.717) is 0 Å². The lowest BCUT2D eigenvalue weighted by molar-refractivity contribution is 1.11. The first-order valence-electron chi connectivity index (χ1n) is 6.54. The van der Waals surface area contributed by atoms with Crippen LogP contribution in [0.15, 0.2) is 60.7 Å². The monoisotopic (exact) mass is 280 g/mol. The first-order chi connectivity index (χ1) is 9.75. The number of rotatable bonds is 3. The fraction of sp³-hybridized carbons (Fsp3) is 0.118. The van der Waals surface area contributed by atoms with Gasteiger partial charge in [-0.1, -0.05) is 72.0 Å². The van der Waals surface area contributed by atoms with E-state index in [9.17, 15) is 0 Å². The fourth-order valence-electron chi connectivity index (χ4n) is 2.08. The minimum absolute atomic E-state index is 1.03. The quantitative estimate of drug-likeness (QED) is 0.700. The maximum atomic E-state index is 4.80. The fourth-order valence-corrected chi connectivity index (χ4v) is 3.09. The third-order valence-electron chi connectivity index (χ3n) is 3.08. The molecular weight excluding hydrogens is 264 g/mol. The normalized spacial score (nSPS) is 10.5. The Morgan fingerprint density at radius 3 is 1.90 bits per heavy atom. The predicted molar refractivity (Wildman–Crippen MR) is 87.3 cm³/mol. The van der Waals surface area contributed by atoms with E-state index in [-0.39, 0.29) is 0 Å². The first-order valence-corrected chi connectivity index (χ1v) is 7.36. The van der Waals surface area contributed by atoms with Crippen LogP contribution in [0.4, 0.5) is 5.13 Å². The van der Waals surface area contributed by atoms with Crippen molar-refractivity contribution >= 4 is 16.5 Å². The number of anilines is 1. The van der Waals surface area contributed by atoms with Crippen LogP contribution in [0.5, 0.6) is 0 Å². The van der Waals surface area contributed by atoms with Gasteiger partial charge in [-0.25, -0.2) is 4.98 Å². The highest BCUT2D eigenvalue weighted by molar-refractivity contribution is 7.19. The van der Waals surface area contributed by atoms with Crippen LogP contribution in [-0.2, 0) is 0 Å². The van der Waals surface area contributed by atoms with Gasteiger partial charge in [-0.3, -0.25) is 0 Å². The molecule has 0 saturated carbocycles. The van der Waals surface area contributed by atoms with Crippen molar-refractivity contribution < 1.29 is 0 Å². The molecule has 100 valence electrons. The van der Waals surface area contributed by atoms with E-state index in [1.807, 2.05) is 26.2 Å². The van der Waals surface area contributed by atoms with Gasteiger partial charge in [0.2, 0.25) is 0 Å². The Kier molecular flexibility index (Phi) is 3.52. The molecule has 0 aliphatic carbocycles. The highest BCUT2D eigenvalue weighted by Crippen LogP contribution is 2.39. The third-order valence-corrected chi connectivity index (χ3v) is 4.35. The Morgan fingerprint density at radius 2 is 1.35 bits per heavy atom. The summed E-state index contributed by atoms with van der Waals surface area (Å²) in [5.41, 5.74) is 3.44. The zero-order valence-corrected chi connectivity index (χ0v) is 12.4. The smallest absolute Gasteiger partial charge is 0.185 e. The number of nitrogens with zero attached hydrogens (tertiary/aromatic N) is 2. The van der Waals surface area contributed by atoms with Crippen LogP contribution in [0.3, 0.4) is 0 Å². The number of benzene rings is 2. The lowest BCUT2D eigenvalue weighted by Crippen LogP contribution is -2.07. The van der Waals surface area contributed by atoms with Crippen molar-refractivity contribution in [3.05, 3.63) is 60.7 Å². The SMILES string of the molecule is CN(C)c1nc(-c2ccccc2)c(-c2ccccc2)s1. The summed E-state index contributed by atoms with van der Waals surface area (Å²) in [7, 11) is 4.06. The minimum atomic E-state index is 1.03. The molecule has 2 aromatic carbocycles. The number of aromatic nitrogens is 1. The van der Waals surface area contributed by atoms with Gasteiger partial charge in [0, 0.05) is 19.7 Å². The number of hydrogen-bond acceptors (Lipinski definition) is 3. The Labute approximate surface area is 123 Å². The van der Waals surface area contributed by atoms with Crippen molar-refractivity contribution in [2.24, 2.45) is 0 Å². The Balaban J connectivity index is 2.18. The largest absolute Gasteiger partial charge is 0.354 e. The van der Waals surface area contributed by atoms with Crippen molar-refractivity contribution in [2.45, 2.75) is 0 Å². The molecule has 0 aliphatic heterocycles. The standard InChI is InChI=1S/C17H16N2S/c1-19(2)17-18-15(13-9-5-3-6-10-13)16(20-17)14-11-7-4-8-12-14/h3-12H,1-2H3. The summed E-state index contributed by atoms with van der Waals surface area (Å²) < 4.78 is 0. The molecule has 3 aromatic rings. The van der Waals surface area contributed by atoms with E-state index < -0.39 is 0 Å². The minimum Gasteiger partial charge on any atom is -0.354 e. The van der Waals surface area contributed by atoms with E-state index >= 15 is 0 Å². The molecule has 0 amide bonds. The third kappa shape index (κ3) is 2.45. The van der Waals surface area contributed by atoms with E-state index in [1.165, 1.54) is 10.4 Å². The molecule has 0 N–H and O–H groups in total. The molecule has 3 rings (SSSR count). The topological polar surface area (TPSA) is 16.1 Å². The van der Waals surface area contributed by atoms with Gasteiger partial charge < -0.3 is 4.90 Å². The molecule has 0 spiro atoms. The van der Waals surface area contributed by atoms with Gasteiger partial charge in [-0.05, 0) is 5.56 Å². The van der Waals surface area contributed by atoms with Gasteiger partial charge in [0.05, 0.1) is 10.6 Å². The average molecular weight is 280 g/mol. The van der Waals surface area contributed by atoms with Gasteiger partial charge in [0.25, 0.3) is 0 Å². The molecule has 0 aliphatic rings. The zero-order valence-electron chi connectivity index (χ0n) is 11.6. The highest BCUT2D eigenvalue weighted by atomic mass is 32.1. The van der Waals surface area contributed by atoms with Crippen molar-refractivity contribution in [1.82, 2.24) is 4.98 Å². The van der Waals surface area contributed by atoms with E-state index in [2.05, 4.69) is 53.4 Å². The molecule has 0 fully saturated rings. The number of thiazole rings is 1. The summed E-state index contributed by atoms with van der Waals surface area (Å²) in [4.78, 5) is 8.08. The molecule has 0 unspecified atom stereocenters. The summed E-state index contributed by atoms with van der Waals surface area (Å²) >= 11 is 1.73. The second-order valence-electron chi connectivity index (χ2n) is 4.80. The van der Waals surface area contributed by atoms with Crippen LogP contribution in [0.25, 0.3) is 21.7 Å². The maximum absolute atomic E-state index is 4.80. The second-order valence-corrected chi connectivity index (χ2v) is 5.78. The van der Waals surface area contributed by atoms with Gasteiger partial charge in [0.15, 0.2) is 5.13 Å². The molecule has 0 atom stereocenters. The molecule has 0 bridgehead atoms. The molecule has 2 nitrogen and oxygen atoms in total. The second kappa shape index (κ2) is 5.47. The lowest BCUT2D eigenvalue weighted by Gasteiger charge is -2.05. The average Bonchev–Trinajstić information content (AvgIpc) is 2.94. The molecule has 3 heteroatoms. The molecule has 0 radical (unpaired) electrons. The van der Waals surface area contributed by atoms with Crippen molar-refractivity contribution in [2.75, 3.05) is 19.0 Å². The number of hydrogen-bond donors (Lipinski definition) is 0. The Morgan fingerprint density at radius 1 is 0.800 bits per heavy atom. The van der Waals surface area contributed by atoms with Crippen molar-refractivity contribution in [3.8, 4) is 21.7 Å². The molecular formula is C17H16N2S. The van der Waals surface area contributed by atoms with Crippen molar-refractivity contribution in [1.29, 1.82) is 0 Å². The van der Waals surface area contributed by atoms with Crippen LogP contribution >= 0.6 is 11.3 Å². The van der Waals surface area contributed by atoms with Crippen LogP contribution in [0.2, 0.25) is 0 Å². The zero-order chi connectivity index (χ0) is 13.9. The molecule has 1 heterocycles. The summed E-state index contributed by atoms with van der Waals surface area (Å²) in [6.45, 7) is 0.